The molecule has 0 bridgehead atoms. The third-order valence-electron chi connectivity index (χ3n) is 6.01. The summed E-state index contributed by atoms with van der Waals surface area (Å²) in [5.74, 6) is -0.313. The third kappa shape index (κ3) is 3.51. The fourth-order valence-electron chi connectivity index (χ4n) is 4.46. The highest BCUT2D eigenvalue weighted by Crippen LogP contribution is 2.37. The zero-order chi connectivity index (χ0) is 22.4. The Bertz CT molecular complexity index is 1330. The van der Waals surface area contributed by atoms with Gasteiger partial charge in [0.2, 0.25) is 0 Å². The van der Waals surface area contributed by atoms with Crippen LogP contribution in [0.3, 0.4) is 0 Å². The zero-order valence-electron chi connectivity index (χ0n) is 17.7. The van der Waals surface area contributed by atoms with Crippen molar-refractivity contribution in [3.05, 3.63) is 48.4 Å². The van der Waals surface area contributed by atoms with Crippen LogP contribution in [0.5, 0.6) is 0 Å². The predicted octanol–water partition coefficient (Wildman–Crippen LogP) is 3.51. The number of hydrogen-bond acceptors (Lipinski definition) is 6. The highest BCUT2D eigenvalue weighted by molar-refractivity contribution is 6.24. The number of anilines is 2. The SMILES string of the molecule is CN(Cl)C(=O)c1cnc2[nH]cc(-c3ccc4ncc(N)c(N5CCC[C@H](N)C5)c4c3)c2c1. The summed E-state index contributed by atoms with van der Waals surface area (Å²) in [6.45, 7) is 1.68. The highest BCUT2D eigenvalue weighted by Gasteiger charge is 2.22. The van der Waals surface area contributed by atoms with Gasteiger partial charge in [0.1, 0.15) is 5.65 Å². The van der Waals surface area contributed by atoms with E-state index >= 15 is 0 Å². The molecule has 1 saturated heterocycles. The summed E-state index contributed by atoms with van der Waals surface area (Å²) in [5, 5.41) is 1.82. The van der Waals surface area contributed by atoms with Crippen LogP contribution in [0.1, 0.15) is 23.2 Å². The highest BCUT2D eigenvalue weighted by atomic mass is 35.5. The molecule has 0 saturated carbocycles. The Labute approximate surface area is 190 Å². The number of aromatic amines is 1. The first-order valence-corrected chi connectivity index (χ1v) is 10.9. The first-order valence-electron chi connectivity index (χ1n) is 10.5. The first kappa shape index (κ1) is 20.5. The van der Waals surface area contributed by atoms with E-state index in [-0.39, 0.29) is 11.9 Å². The number of halogens is 1. The Balaban J connectivity index is 1.65. The van der Waals surface area contributed by atoms with E-state index in [0.29, 0.717) is 16.9 Å². The number of carbonyl (C=O) groups excluding carboxylic acids is 1. The number of nitrogens with zero attached hydrogens (tertiary/aromatic N) is 4. The van der Waals surface area contributed by atoms with Gasteiger partial charge in [0.25, 0.3) is 5.91 Å². The Morgan fingerprint density at radius 2 is 2.09 bits per heavy atom. The van der Waals surface area contributed by atoms with Crippen molar-refractivity contribution in [1.82, 2.24) is 19.4 Å². The van der Waals surface area contributed by atoms with Gasteiger partial charge in [-0.15, -0.1) is 0 Å². The molecule has 1 aliphatic heterocycles. The normalized spacial score (nSPS) is 16.6. The number of fused-ring (bicyclic) bond motifs is 2. The van der Waals surface area contributed by atoms with E-state index in [9.17, 15) is 4.79 Å². The summed E-state index contributed by atoms with van der Waals surface area (Å²) in [5.41, 5.74) is 18.1. The van der Waals surface area contributed by atoms with Crippen LogP contribution in [0.25, 0.3) is 33.1 Å². The molecule has 32 heavy (non-hydrogen) atoms. The predicted molar refractivity (Wildman–Crippen MR) is 129 cm³/mol. The molecule has 1 fully saturated rings. The van der Waals surface area contributed by atoms with Gasteiger partial charge in [0.15, 0.2) is 0 Å². The van der Waals surface area contributed by atoms with E-state index in [1.807, 2.05) is 24.4 Å². The van der Waals surface area contributed by atoms with Gasteiger partial charge < -0.3 is 21.4 Å². The van der Waals surface area contributed by atoms with Gasteiger partial charge in [-0.25, -0.2) is 4.98 Å². The molecule has 0 spiro atoms. The molecule has 4 heterocycles. The molecule has 1 atom stereocenters. The molecule has 0 unspecified atom stereocenters. The van der Waals surface area contributed by atoms with Gasteiger partial charge in [0, 0.05) is 66.7 Å². The molecule has 5 N–H and O–H groups in total. The Morgan fingerprint density at radius 3 is 2.88 bits per heavy atom. The minimum atomic E-state index is -0.313. The number of piperidine rings is 1. The van der Waals surface area contributed by atoms with Crippen molar-refractivity contribution in [3.63, 3.8) is 0 Å². The van der Waals surface area contributed by atoms with Crippen molar-refractivity contribution in [2.75, 3.05) is 30.8 Å². The minimum absolute atomic E-state index is 0.130. The first-order chi connectivity index (χ1) is 15.4. The van der Waals surface area contributed by atoms with Crippen molar-refractivity contribution < 1.29 is 4.79 Å². The maximum Gasteiger partial charge on any atom is 0.269 e. The van der Waals surface area contributed by atoms with Gasteiger partial charge in [-0.2, -0.15) is 0 Å². The van der Waals surface area contributed by atoms with Gasteiger partial charge >= 0.3 is 0 Å². The van der Waals surface area contributed by atoms with E-state index in [1.54, 1.807) is 6.20 Å². The zero-order valence-corrected chi connectivity index (χ0v) is 18.4. The Morgan fingerprint density at radius 1 is 1.25 bits per heavy atom. The standard InChI is InChI=1S/C23H24ClN7O/c1-30(24)23(32)14-8-16-18(10-29-22(16)28-9-14)13-4-5-20-17(7-13)21(19(26)11-27-20)31-6-2-3-15(25)12-31/h4-5,7-11,15H,2-3,6,12,25-26H2,1H3,(H,28,29)/t15-/m0/s1. The van der Waals surface area contributed by atoms with Gasteiger partial charge in [0.05, 0.1) is 28.7 Å². The lowest BCUT2D eigenvalue weighted by Gasteiger charge is -2.34. The Hall–Kier alpha value is -3.36. The van der Waals surface area contributed by atoms with Crippen LogP contribution < -0.4 is 16.4 Å². The van der Waals surface area contributed by atoms with E-state index in [0.717, 1.165) is 63.5 Å². The summed E-state index contributed by atoms with van der Waals surface area (Å²) in [4.78, 5) is 26.7. The molecule has 3 aromatic heterocycles. The fraction of sp³-hybridized carbons (Fsp3) is 0.261. The number of nitrogens with two attached hydrogens (primary N) is 2. The van der Waals surface area contributed by atoms with Crippen LogP contribution in [0.4, 0.5) is 11.4 Å². The Kier molecular flexibility index (Phi) is 5.11. The average Bonchev–Trinajstić information content (AvgIpc) is 3.21. The average molecular weight is 450 g/mol. The van der Waals surface area contributed by atoms with E-state index in [2.05, 4.69) is 25.9 Å². The number of H-pyrrole nitrogens is 1. The summed E-state index contributed by atoms with van der Waals surface area (Å²) in [6, 6.07) is 8.04. The second kappa shape index (κ2) is 7.96. The molecular formula is C23H24ClN7O. The van der Waals surface area contributed by atoms with Crippen molar-refractivity contribution in [3.8, 4) is 11.1 Å². The maximum atomic E-state index is 12.3. The molecule has 1 aliphatic rings. The maximum absolute atomic E-state index is 12.3. The number of aromatic nitrogens is 3. The van der Waals surface area contributed by atoms with Crippen LogP contribution in [0, 0.1) is 0 Å². The molecule has 0 radical (unpaired) electrons. The molecule has 1 amide bonds. The number of amides is 1. The van der Waals surface area contributed by atoms with E-state index in [4.69, 9.17) is 23.2 Å². The fourth-order valence-corrected chi connectivity index (χ4v) is 4.56. The topological polar surface area (TPSA) is 117 Å². The number of benzene rings is 1. The van der Waals surface area contributed by atoms with Gasteiger partial charge in [-0.1, -0.05) is 6.07 Å². The number of nitrogen functional groups attached to an aromatic ring is 1. The lowest BCUT2D eigenvalue weighted by atomic mass is 10.00. The molecule has 4 aromatic rings. The van der Waals surface area contributed by atoms with Crippen molar-refractivity contribution >= 4 is 51.0 Å². The van der Waals surface area contributed by atoms with Crippen LogP contribution in [-0.2, 0) is 0 Å². The van der Waals surface area contributed by atoms with Gasteiger partial charge in [-0.05, 0) is 36.6 Å². The monoisotopic (exact) mass is 449 g/mol. The molecule has 5 rings (SSSR count). The molecule has 164 valence electrons. The molecule has 0 aliphatic carbocycles. The largest absolute Gasteiger partial charge is 0.396 e. The molecule has 1 aromatic carbocycles. The number of pyridine rings is 2. The van der Waals surface area contributed by atoms with Crippen LogP contribution in [0.2, 0.25) is 0 Å². The quantitative estimate of drug-likeness (QED) is 0.412. The van der Waals surface area contributed by atoms with E-state index < -0.39 is 0 Å². The van der Waals surface area contributed by atoms with Gasteiger partial charge in [-0.3, -0.25) is 14.2 Å². The van der Waals surface area contributed by atoms with Crippen molar-refractivity contribution in [2.24, 2.45) is 5.73 Å². The summed E-state index contributed by atoms with van der Waals surface area (Å²) in [6.07, 6.45) is 7.18. The lowest BCUT2D eigenvalue weighted by Crippen LogP contribution is -2.43. The number of nitrogens with one attached hydrogen (secondary N) is 1. The molecule has 8 nitrogen and oxygen atoms in total. The smallest absolute Gasteiger partial charge is 0.269 e. The second-order valence-electron chi connectivity index (χ2n) is 8.25. The molecular weight excluding hydrogens is 426 g/mol. The van der Waals surface area contributed by atoms with E-state index in [1.165, 1.54) is 13.2 Å². The van der Waals surface area contributed by atoms with Crippen molar-refractivity contribution in [2.45, 2.75) is 18.9 Å². The lowest BCUT2D eigenvalue weighted by molar-refractivity contribution is 0.0884. The van der Waals surface area contributed by atoms with Crippen LogP contribution in [0.15, 0.2) is 42.9 Å². The number of hydrogen-bond donors (Lipinski definition) is 3. The number of carbonyl (C=O) groups is 1. The van der Waals surface area contributed by atoms with Crippen LogP contribution >= 0.6 is 11.8 Å². The third-order valence-corrected chi connectivity index (χ3v) is 6.16. The second-order valence-corrected chi connectivity index (χ2v) is 8.75. The van der Waals surface area contributed by atoms with Crippen LogP contribution in [-0.4, -0.2) is 51.5 Å². The minimum Gasteiger partial charge on any atom is -0.396 e. The number of rotatable bonds is 3. The molecule has 9 heteroatoms. The summed E-state index contributed by atoms with van der Waals surface area (Å²) >= 11 is 5.84. The van der Waals surface area contributed by atoms with Crippen molar-refractivity contribution in [1.29, 1.82) is 0 Å². The summed E-state index contributed by atoms with van der Waals surface area (Å²) in [7, 11) is 1.50. The summed E-state index contributed by atoms with van der Waals surface area (Å²) < 4.78 is 1.02.